The number of hydrogen-bond donors (Lipinski definition) is 0. The second kappa shape index (κ2) is 4.43. The quantitative estimate of drug-likeness (QED) is 0.711. The van der Waals surface area contributed by atoms with Gasteiger partial charge in [-0.15, -0.1) is 0 Å². The molecule has 0 aliphatic rings. The standard InChI is InChI=1S/C10H12Br2/c1-7-4-3-5-9(8(2)12)10(7)6-11/h3-5,8H,6H2,1-2H3. The van der Waals surface area contributed by atoms with E-state index in [1.54, 1.807) is 0 Å². The van der Waals surface area contributed by atoms with Gasteiger partial charge in [0.1, 0.15) is 0 Å². The largest absolute Gasteiger partial charge is 0.0876 e. The predicted molar refractivity (Wildman–Crippen MR) is 61.2 cm³/mol. The highest BCUT2D eigenvalue weighted by Crippen LogP contribution is 2.28. The summed E-state index contributed by atoms with van der Waals surface area (Å²) in [6.07, 6.45) is 0. The zero-order valence-corrected chi connectivity index (χ0v) is 10.4. The van der Waals surface area contributed by atoms with Crippen molar-refractivity contribution in [3.05, 3.63) is 34.9 Å². The molecule has 0 saturated carbocycles. The molecule has 0 saturated heterocycles. The van der Waals surface area contributed by atoms with E-state index in [4.69, 9.17) is 0 Å². The van der Waals surface area contributed by atoms with Crippen molar-refractivity contribution in [2.75, 3.05) is 0 Å². The van der Waals surface area contributed by atoms with E-state index < -0.39 is 0 Å². The molecule has 0 radical (unpaired) electrons. The SMILES string of the molecule is Cc1cccc(C(C)Br)c1CBr. The maximum absolute atomic E-state index is 3.59. The highest BCUT2D eigenvalue weighted by Gasteiger charge is 2.07. The minimum absolute atomic E-state index is 0.435. The van der Waals surface area contributed by atoms with Gasteiger partial charge in [0.2, 0.25) is 0 Å². The van der Waals surface area contributed by atoms with Crippen LogP contribution >= 0.6 is 31.9 Å². The summed E-state index contributed by atoms with van der Waals surface area (Å²) in [6, 6.07) is 6.42. The highest BCUT2D eigenvalue weighted by molar-refractivity contribution is 9.09. The molecule has 0 nitrogen and oxygen atoms in total. The van der Waals surface area contributed by atoms with Crippen molar-refractivity contribution in [3.63, 3.8) is 0 Å². The Labute approximate surface area is 90.6 Å². The third-order valence-corrected chi connectivity index (χ3v) is 3.06. The molecule has 12 heavy (non-hydrogen) atoms. The molecule has 0 bridgehead atoms. The third-order valence-electron chi connectivity index (χ3n) is 2.01. The van der Waals surface area contributed by atoms with Crippen molar-refractivity contribution in [2.24, 2.45) is 0 Å². The lowest BCUT2D eigenvalue weighted by Gasteiger charge is -2.11. The van der Waals surface area contributed by atoms with Gasteiger partial charge in [0.25, 0.3) is 0 Å². The zero-order chi connectivity index (χ0) is 9.14. The summed E-state index contributed by atoms with van der Waals surface area (Å²) in [6.45, 7) is 4.30. The Morgan fingerprint density at radius 3 is 2.50 bits per heavy atom. The van der Waals surface area contributed by atoms with Crippen LogP contribution in [0, 0.1) is 6.92 Å². The van der Waals surface area contributed by atoms with Crippen LogP contribution < -0.4 is 0 Å². The van der Waals surface area contributed by atoms with Crippen LogP contribution in [0.1, 0.15) is 28.4 Å². The lowest BCUT2D eigenvalue weighted by Crippen LogP contribution is -1.94. The first-order valence-corrected chi connectivity index (χ1v) is 5.99. The summed E-state index contributed by atoms with van der Waals surface area (Å²) >= 11 is 7.09. The molecule has 1 rings (SSSR count). The van der Waals surface area contributed by atoms with Gasteiger partial charge in [0.05, 0.1) is 0 Å². The van der Waals surface area contributed by atoms with Gasteiger partial charge in [-0.25, -0.2) is 0 Å². The molecular formula is C10H12Br2. The van der Waals surface area contributed by atoms with Crippen LogP contribution in [0.15, 0.2) is 18.2 Å². The maximum atomic E-state index is 3.59. The Bertz CT molecular complexity index is 267. The normalized spacial score (nSPS) is 13.0. The minimum atomic E-state index is 0.435. The molecular weight excluding hydrogens is 280 g/mol. The number of hydrogen-bond acceptors (Lipinski definition) is 0. The summed E-state index contributed by atoms with van der Waals surface area (Å²) in [7, 11) is 0. The topological polar surface area (TPSA) is 0 Å². The summed E-state index contributed by atoms with van der Waals surface area (Å²) < 4.78 is 0. The Morgan fingerprint density at radius 2 is 2.08 bits per heavy atom. The molecule has 0 spiro atoms. The second-order valence-electron chi connectivity index (χ2n) is 2.89. The molecule has 0 N–H and O–H groups in total. The van der Waals surface area contributed by atoms with Crippen LogP contribution in [0.3, 0.4) is 0 Å². The molecule has 1 aromatic carbocycles. The van der Waals surface area contributed by atoms with Crippen LogP contribution in [-0.2, 0) is 5.33 Å². The van der Waals surface area contributed by atoms with E-state index in [0.29, 0.717) is 4.83 Å². The summed E-state index contributed by atoms with van der Waals surface area (Å²) in [4.78, 5) is 0.435. The van der Waals surface area contributed by atoms with Crippen molar-refractivity contribution in [1.82, 2.24) is 0 Å². The fourth-order valence-corrected chi connectivity index (χ4v) is 2.48. The van der Waals surface area contributed by atoms with E-state index in [1.165, 1.54) is 16.7 Å². The van der Waals surface area contributed by atoms with Gasteiger partial charge in [0.15, 0.2) is 0 Å². The molecule has 1 aromatic rings. The Balaban J connectivity index is 3.18. The van der Waals surface area contributed by atoms with Crippen molar-refractivity contribution in [3.8, 4) is 0 Å². The van der Waals surface area contributed by atoms with Crippen LogP contribution in [0.2, 0.25) is 0 Å². The van der Waals surface area contributed by atoms with Crippen LogP contribution in [0.4, 0.5) is 0 Å². The molecule has 0 aliphatic heterocycles. The Hall–Kier alpha value is 0.180. The summed E-state index contributed by atoms with van der Waals surface area (Å²) in [5.74, 6) is 0. The fraction of sp³-hybridized carbons (Fsp3) is 0.400. The van der Waals surface area contributed by atoms with Crippen molar-refractivity contribution in [1.29, 1.82) is 0 Å². The zero-order valence-electron chi connectivity index (χ0n) is 7.27. The number of rotatable bonds is 2. The van der Waals surface area contributed by atoms with E-state index in [-0.39, 0.29) is 0 Å². The molecule has 0 fully saturated rings. The third kappa shape index (κ3) is 2.11. The van der Waals surface area contributed by atoms with Crippen LogP contribution in [0.5, 0.6) is 0 Å². The molecule has 0 aliphatic carbocycles. The monoisotopic (exact) mass is 290 g/mol. The average molecular weight is 292 g/mol. The van der Waals surface area contributed by atoms with Crippen LogP contribution in [0.25, 0.3) is 0 Å². The smallest absolute Gasteiger partial charge is 0.0370 e. The molecule has 66 valence electrons. The van der Waals surface area contributed by atoms with Crippen molar-refractivity contribution < 1.29 is 0 Å². The molecule has 2 heteroatoms. The van der Waals surface area contributed by atoms with Gasteiger partial charge < -0.3 is 0 Å². The van der Waals surface area contributed by atoms with E-state index >= 15 is 0 Å². The fourth-order valence-electron chi connectivity index (χ4n) is 1.28. The summed E-state index contributed by atoms with van der Waals surface area (Å²) in [5.41, 5.74) is 4.14. The van der Waals surface area contributed by atoms with Gasteiger partial charge >= 0.3 is 0 Å². The number of benzene rings is 1. The molecule has 0 amide bonds. The first-order valence-electron chi connectivity index (χ1n) is 3.95. The van der Waals surface area contributed by atoms with Gasteiger partial charge in [-0.2, -0.15) is 0 Å². The van der Waals surface area contributed by atoms with E-state index in [9.17, 15) is 0 Å². The molecule has 1 unspecified atom stereocenters. The number of aryl methyl sites for hydroxylation is 1. The van der Waals surface area contributed by atoms with Crippen molar-refractivity contribution in [2.45, 2.75) is 24.0 Å². The van der Waals surface area contributed by atoms with Gasteiger partial charge in [-0.1, -0.05) is 50.1 Å². The molecule has 1 atom stereocenters. The minimum Gasteiger partial charge on any atom is -0.0876 e. The van der Waals surface area contributed by atoms with E-state index in [1.807, 2.05) is 0 Å². The first-order chi connectivity index (χ1) is 5.66. The Kier molecular flexibility index (Phi) is 3.78. The van der Waals surface area contributed by atoms with Gasteiger partial charge in [0, 0.05) is 10.2 Å². The first kappa shape index (κ1) is 10.3. The molecule has 0 heterocycles. The Morgan fingerprint density at radius 1 is 1.42 bits per heavy atom. The van der Waals surface area contributed by atoms with E-state index in [2.05, 4.69) is 63.9 Å². The maximum Gasteiger partial charge on any atom is 0.0370 e. The van der Waals surface area contributed by atoms with Crippen molar-refractivity contribution >= 4 is 31.9 Å². The number of halogens is 2. The van der Waals surface area contributed by atoms with Gasteiger partial charge in [-0.05, 0) is 30.5 Å². The average Bonchev–Trinajstić information content (AvgIpc) is 2.03. The highest BCUT2D eigenvalue weighted by atomic mass is 79.9. The second-order valence-corrected chi connectivity index (χ2v) is 4.83. The number of alkyl halides is 2. The lowest BCUT2D eigenvalue weighted by molar-refractivity contribution is 1.08. The summed E-state index contributed by atoms with van der Waals surface area (Å²) in [5, 5.41) is 0.935. The van der Waals surface area contributed by atoms with Crippen LogP contribution in [-0.4, -0.2) is 0 Å². The van der Waals surface area contributed by atoms with E-state index in [0.717, 1.165) is 5.33 Å². The molecule has 0 aromatic heterocycles. The van der Waals surface area contributed by atoms with Gasteiger partial charge in [-0.3, -0.25) is 0 Å². The predicted octanol–water partition coefficient (Wildman–Crippen LogP) is 4.35. The lowest BCUT2D eigenvalue weighted by atomic mass is 10.0.